The number of aliphatic hydroxyl groups is 1. The van der Waals surface area contributed by atoms with Crippen LogP contribution in [0.5, 0.6) is 0 Å². The first-order chi connectivity index (χ1) is 9.02. The number of aliphatic hydroxyl groups excluding tert-OH is 1. The molecule has 0 radical (unpaired) electrons. The molecule has 19 heavy (non-hydrogen) atoms. The van der Waals surface area contributed by atoms with E-state index in [0.717, 1.165) is 0 Å². The van der Waals surface area contributed by atoms with Gasteiger partial charge in [0.1, 0.15) is 5.76 Å². The summed E-state index contributed by atoms with van der Waals surface area (Å²) in [4.78, 5) is 25.2. The molecule has 2 atom stereocenters. The zero-order valence-corrected chi connectivity index (χ0v) is 11.0. The van der Waals surface area contributed by atoms with Gasteiger partial charge in [-0.1, -0.05) is 0 Å². The molecule has 1 amide bonds. The van der Waals surface area contributed by atoms with Gasteiger partial charge >= 0.3 is 0 Å². The third-order valence-electron chi connectivity index (χ3n) is 3.12. The Morgan fingerprint density at radius 1 is 1.47 bits per heavy atom. The summed E-state index contributed by atoms with van der Waals surface area (Å²) < 4.78 is 10.4. The van der Waals surface area contributed by atoms with Gasteiger partial charge in [-0.25, -0.2) is 0 Å². The van der Waals surface area contributed by atoms with E-state index >= 15 is 0 Å². The molecule has 104 valence electrons. The number of ether oxygens (including phenoxy) is 1. The Kier molecular flexibility index (Phi) is 4.01. The second-order valence-electron chi connectivity index (χ2n) is 4.53. The predicted molar refractivity (Wildman–Crippen MR) is 67.0 cm³/mol. The number of carbonyl (C=O) groups excluding carboxylic acids is 1. The molecule has 6 nitrogen and oxygen atoms in total. The van der Waals surface area contributed by atoms with E-state index in [-0.39, 0.29) is 24.4 Å². The Morgan fingerprint density at radius 3 is 2.74 bits per heavy atom. The Morgan fingerprint density at radius 2 is 2.21 bits per heavy atom. The first-order valence-electron chi connectivity index (χ1n) is 6.21. The summed E-state index contributed by atoms with van der Waals surface area (Å²) in [5.41, 5.74) is -0.272. The van der Waals surface area contributed by atoms with Crippen LogP contribution in [0, 0.1) is 6.92 Å². The molecule has 0 saturated carbocycles. The fraction of sp³-hybridized carbons (Fsp3) is 0.538. The number of hydrogen-bond acceptors (Lipinski definition) is 5. The number of rotatable bonds is 3. The van der Waals surface area contributed by atoms with Crippen LogP contribution < -0.4 is 5.43 Å². The van der Waals surface area contributed by atoms with E-state index in [9.17, 15) is 14.7 Å². The van der Waals surface area contributed by atoms with Crippen LogP contribution in [-0.4, -0.2) is 47.8 Å². The van der Waals surface area contributed by atoms with E-state index in [2.05, 4.69) is 0 Å². The molecule has 0 unspecified atom stereocenters. The number of aryl methyl sites for hydroxylation is 1. The molecule has 6 heteroatoms. The van der Waals surface area contributed by atoms with E-state index in [1.807, 2.05) is 0 Å². The lowest BCUT2D eigenvalue weighted by Crippen LogP contribution is -2.46. The third kappa shape index (κ3) is 2.85. The van der Waals surface area contributed by atoms with Crippen molar-refractivity contribution >= 4 is 5.91 Å². The van der Waals surface area contributed by atoms with Crippen molar-refractivity contribution in [3.63, 3.8) is 0 Å². The number of nitrogens with zero attached hydrogens (tertiary/aromatic N) is 1. The second-order valence-corrected chi connectivity index (χ2v) is 4.53. The van der Waals surface area contributed by atoms with Crippen LogP contribution in [0.15, 0.2) is 21.3 Å². The monoisotopic (exact) mass is 267 g/mol. The van der Waals surface area contributed by atoms with Crippen molar-refractivity contribution in [3.8, 4) is 0 Å². The highest BCUT2D eigenvalue weighted by Gasteiger charge is 2.34. The molecule has 0 bridgehead atoms. The summed E-state index contributed by atoms with van der Waals surface area (Å²) in [5.74, 6) is -0.0288. The Bertz CT molecular complexity index is 524. The van der Waals surface area contributed by atoms with Crippen molar-refractivity contribution in [2.24, 2.45) is 0 Å². The lowest BCUT2D eigenvalue weighted by atomic mass is 10.1. The van der Waals surface area contributed by atoms with Gasteiger partial charge in [-0.2, -0.15) is 0 Å². The van der Waals surface area contributed by atoms with Crippen LogP contribution in [0.4, 0.5) is 0 Å². The highest BCUT2D eigenvalue weighted by Crippen LogP contribution is 2.16. The first kappa shape index (κ1) is 13.8. The number of carbonyl (C=O) groups is 1. The largest absolute Gasteiger partial charge is 0.456 e. The average molecular weight is 267 g/mol. The smallest absolute Gasteiger partial charge is 0.290 e. The molecule has 1 N–H and O–H groups in total. The standard InChI is InChI=1S/C13H17NO5/c1-3-14(10-6-18-7-11(10)16)13(17)12-5-9(15)4-8(2)19-12/h4-5,10-11,16H,3,6-7H2,1-2H3/t10-,11-/m0/s1. The predicted octanol–water partition coefficient (Wildman–Crippen LogP) is 0.170. The fourth-order valence-corrected chi connectivity index (χ4v) is 2.21. The Hall–Kier alpha value is -1.66. The SMILES string of the molecule is CCN(C(=O)c1cc(=O)cc(C)o1)[C@H]1COC[C@@H]1O. The van der Waals surface area contributed by atoms with Crippen LogP contribution in [0.2, 0.25) is 0 Å². The third-order valence-corrected chi connectivity index (χ3v) is 3.12. The van der Waals surface area contributed by atoms with E-state index < -0.39 is 18.1 Å². The quantitative estimate of drug-likeness (QED) is 0.844. The summed E-state index contributed by atoms with van der Waals surface area (Å²) in [7, 11) is 0. The van der Waals surface area contributed by atoms with Crippen molar-refractivity contribution in [1.29, 1.82) is 0 Å². The van der Waals surface area contributed by atoms with Crippen molar-refractivity contribution in [3.05, 3.63) is 33.9 Å². The molecule has 0 spiro atoms. The number of amides is 1. The van der Waals surface area contributed by atoms with E-state index in [4.69, 9.17) is 9.15 Å². The molecule has 2 rings (SSSR count). The van der Waals surface area contributed by atoms with Gasteiger partial charge in [-0.3, -0.25) is 9.59 Å². The van der Waals surface area contributed by atoms with Crippen LogP contribution in [0.3, 0.4) is 0 Å². The average Bonchev–Trinajstić information content (AvgIpc) is 2.75. The summed E-state index contributed by atoms with van der Waals surface area (Å²) in [6, 6.07) is 2.09. The summed E-state index contributed by atoms with van der Waals surface area (Å²) in [5, 5.41) is 9.78. The van der Waals surface area contributed by atoms with Crippen molar-refractivity contribution in [1.82, 2.24) is 4.90 Å². The van der Waals surface area contributed by atoms with Gasteiger partial charge in [0.2, 0.25) is 0 Å². The summed E-state index contributed by atoms with van der Waals surface area (Å²) in [6.45, 7) is 4.32. The fourth-order valence-electron chi connectivity index (χ4n) is 2.21. The molecule has 2 heterocycles. The number of likely N-dealkylation sites (N-methyl/N-ethyl adjacent to an activating group) is 1. The lowest BCUT2D eigenvalue weighted by Gasteiger charge is -2.28. The van der Waals surface area contributed by atoms with E-state index in [1.165, 1.54) is 17.0 Å². The van der Waals surface area contributed by atoms with E-state index in [0.29, 0.717) is 12.3 Å². The van der Waals surface area contributed by atoms with Crippen LogP contribution >= 0.6 is 0 Å². The van der Waals surface area contributed by atoms with Crippen molar-refractivity contribution in [2.75, 3.05) is 19.8 Å². The number of hydrogen-bond donors (Lipinski definition) is 1. The minimum absolute atomic E-state index is 0.00838. The van der Waals surface area contributed by atoms with Crippen molar-refractivity contribution < 1.29 is 19.1 Å². The lowest BCUT2D eigenvalue weighted by molar-refractivity contribution is 0.0488. The molecule has 0 aliphatic carbocycles. The molecule has 1 aliphatic rings. The highest BCUT2D eigenvalue weighted by atomic mass is 16.5. The second kappa shape index (κ2) is 5.54. The zero-order chi connectivity index (χ0) is 14.0. The van der Waals surface area contributed by atoms with Gasteiger partial charge < -0.3 is 19.2 Å². The first-order valence-corrected chi connectivity index (χ1v) is 6.21. The Labute approximate surface area is 110 Å². The maximum absolute atomic E-state index is 12.3. The maximum Gasteiger partial charge on any atom is 0.290 e. The van der Waals surface area contributed by atoms with Gasteiger partial charge in [-0.05, 0) is 13.8 Å². The van der Waals surface area contributed by atoms with Crippen LogP contribution in [0.25, 0.3) is 0 Å². The summed E-state index contributed by atoms with van der Waals surface area (Å²) in [6.07, 6.45) is -0.708. The molecular formula is C13H17NO5. The Balaban J connectivity index is 2.27. The van der Waals surface area contributed by atoms with Crippen LogP contribution in [0.1, 0.15) is 23.2 Å². The molecular weight excluding hydrogens is 250 g/mol. The molecule has 1 saturated heterocycles. The van der Waals surface area contributed by atoms with Crippen LogP contribution in [-0.2, 0) is 4.74 Å². The minimum atomic E-state index is -0.708. The topological polar surface area (TPSA) is 80.0 Å². The maximum atomic E-state index is 12.3. The molecule has 1 aliphatic heterocycles. The van der Waals surface area contributed by atoms with Gasteiger partial charge in [0.05, 0.1) is 25.4 Å². The highest BCUT2D eigenvalue weighted by molar-refractivity contribution is 5.91. The van der Waals surface area contributed by atoms with Gasteiger partial charge in [0.15, 0.2) is 11.2 Å². The van der Waals surface area contributed by atoms with Gasteiger partial charge in [0, 0.05) is 18.7 Å². The zero-order valence-electron chi connectivity index (χ0n) is 11.0. The normalized spacial score (nSPS) is 22.5. The minimum Gasteiger partial charge on any atom is -0.456 e. The summed E-state index contributed by atoms with van der Waals surface area (Å²) >= 11 is 0. The van der Waals surface area contributed by atoms with Gasteiger partial charge in [0.25, 0.3) is 5.91 Å². The molecule has 1 aromatic heterocycles. The molecule has 1 aromatic rings. The van der Waals surface area contributed by atoms with Gasteiger partial charge in [-0.15, -0.1) is 0 Å². The van der Waals surface area contributed by atoms with Crippen molar-refractivity contribution in [2.45, 2.75) is 26.0 Å². The molecule has 0 aromatic carbocycles. The molecule has 1 fully saturated rings. The van der Waals surface area contributed by atoms with E-state index in [1.54, 1.807) is 13.8 Å².